The van der Waals surface area contributed by atoms with Gasteiger partial charge in [-0.15, -0.1) is 0 Å². The molecular weight excluding hydrogens is 276 g/mol. The normalized spacial score (nSPS) is 15.5. The third kappa shape index (κ3) is 4.78. The number of halogens is 1. The van der Waals surface area contributed by atoms with Crippen molar-refractivity contribution in [2.45, 2.75) is 25.3 Å². The SMILES string of the molecule is CN(CCNC1CC1)CCc1ccccc1Br. The molecule has 94 valence electrons. The molecule has 1 aromatic rings. The summed E-state index contributed by atoms with van der Waals surface area (Å²) in [5.74, 6) is 0. The molecule has 0 heterocycles. The molecule has 1 N–H and O–H groups in total. The molecule has 1 aromatic carbocycles. The monoisotopic (exact) mass is 296 g/mol. The summed E-state index contributed by atoms with van der Waals surface area (Å²) in [5.41, 5.74) is 1.40. The number of nitrogens with zero attached hydrogens (tertiary/aromatic N) is 1. The van der Waals surface area contributed by atoms with Gasteiger partial charge in [0.15, 0.2) is 0 Å². The lowest BCUT2D eigenvalue weighted by Gasteiger charge is -2.17. The summed E-state index contributed by atoms with van der Waals surface area (Å²) in [6, 6.07) is 9.31. The van der Waals surface area contributed by atoms with E-state index in [1.165, 1.54) is 22.9 Å². The minimum Gasteiger partial charge on any atom is -0.313 e. The van der Waals surface area contributed by atoms with Gasteiger partial charge < -0.3 is 10.2 Å². The second-order valence-corrected chi connectivity index (χ2v) is 5.73. The number of rotatable bonds is 7. The van der Waals surface area contributed by atoms with E-state index in [0.29, 0.717) is 0 Å². The smallest absolute Gasteiger partial charge is 0.0207 e. The molecule has 0 atom stereocenters. The molecule has 0 unspecified atom stereocenters. The second-order valence-electron chi connectivity index (χ2n) is 4.87. The molecule has 2 rings (SSSR count). The quantitative estimate of drug-likeness (QED) is 0.832. The van der Waals surface area contributed by atoms with Crippen molar-refractivity contribution < 1.29 is 0 Å². The van der Waals surface area contributed by atoms with E-state index in [2.05, 4.69) is 57.5 Å². The average molecular weight is 297 g/mol. The topological polar surface area (TPSA) is 15.3 Å². The summed E-state index contributed by atoms with van der Waals surface area (Å²) in [6.45, 7) is 3.38. The molecule has 1 fully saturated rings. The molecule has 17 heavy (non-hydrogen) atoms. The van der Waals surface area contributed by atoms with Crippen molar-refractivity contribution in [1.82, 2.24) is 10.2 Å². The minimum absolute atomic E-state index is 0.826. The fraction of sp³-hybridized carbons (Fsp3) is 0.571. The van der Waals surface area contributed by atoms with Crippen LogP contribution in [0.2, 0.25) is 0 Å². The number of likely N-dealkylation sites (N-methyl/N-ethyl adjacent to an activating group) is 1. The van der Waals surface area contributed by atoms with Crippen LogP contribution in [-0.2, 0) is 6.42 Å². The maximum absolute atomic E-state index is 3.60. The van der Waals surface area contributed by atoms with Crippen LogP contribution < -0.4 is 5.32 Å². The Morgan fingerprint density at radius 1 is 1.29 bits per heavy atom. The average Bonchev–Trinajstić information content (AvgIpc) is 3.12. The standard InChI is InChI=1S/C14H21BrN2/c1-17(11-9-16-13-6-7-13)10-8-12-4-2-3-5-14(12)15/h2-5,13,16H,6-11H2,1H3. The zero-order valence-corrected chi connectivity index (χ0v) is 12.0. The summed E-state index contributed by atoms with van der Waals surface area (Å²) < 4.78 is 1.23. The Morgan fingerprint density at radius 3 is 2.76 bits per heavy atom. The predicted octanol–water partition coefficient (Wildman–Crippen LogP) is 2.68. The third-order valence-corrected chi connectivity index (χ3v) is 4.00. The molecular formula is C14H21BrN2. The zero-order valence-electron chi connectivity index (χ0n) is 10.5. The lowest BCUT2D eigenvalue weighted by atomic mass is 10.1. The van der Waals surface area contributed by atoms with Crippen molar-refractivity contribution in [2.75, 3.05) is 26.7 Å². The van der Waals surface area contributed by atoms with E-state index < -0.39 is 0 Å². The highest BCUT2D eigenvalue weighted by Gasteiger charge is 2.19. The van der Waals surface area contributed by atoms with Crippen LogP contribution in [0.5, 0.6) is 0 Å². The van der Waals surface area contributed by atoms with Crippen LogP contribution in [0.3, 0.4) is 0 Å². The Hall–Kier alpha value is -0.380. The van der Waals surface area contributed by atoms with E-state index in [1.807, 2.05) is 0 Å². The number of benzene rings is 1. The van der Waals surface area contributed by atoms with Crippen LogP contribution in [0.25, 0.3) is 0 Å². The molecule has 1 saturated carbocycles. The summed E-state index contributed by atoms with van der Waals surface area (Å²) in [4.78, 5) is 2.40. The molecule has 0 radical (unpaired) electrons. The van der Waals surface area contributed by atoms with Gasteiger partial charge in [0, 0.05) is 30.1 Å². The number of hydrogen-bond donors (Lipinski definition) is 1. The first-order chi connectivity index (χ1) is 8.25. The highest BCUT2D eigenvalue weighted by Crippen LogP contribution is 2.18. The van der Waals surface area contributed by atoms with Gasteiger partial charge >= 0.3 is 0 Å². The van der Waals surface area contributed by atoms with Crippen molar-refractivity contribution in [3.63, 3.8) is 0 Å². The fourth-order valence-electron chi connectivity index (χ4n) is 1.87. The van der Waals surface area contributed by atoms with Gasteiger partial charge in [-0.05, 0) is 37.9 Å². The van der Waals surface area contributed by atoms with Crippen molar-refractivity contribution in [3.8, 4) is 0 Å². The molecule has 0 saturated heterocycles. The van der Waals surface area contributed by atoms with Crippen LogP contribution in [0.15, 0.2) is 28.7 Å². The second kappa shape index (κ2) is 6.53. The van der Waals surface area contributed by atoms with Crippen molar-refractivity contribution in [2.24, 2.45) is 0 Å². The van der Waals surface area contributed by atoms with E-state index in [1.54, 1.807) is 0 Å². The van der Waals surface area contributed by atoms with Gasteiger partial charge in [0.1, 0.15) is 0 Å². The van der Waals surface area contributed by atoms with Gasteiger partial charge in [0.25, 0.3) is 0 Å². The van der Waals surface area contributed by atoms with Gasteiger partial charge in [-0.1, -0.05) is 34.1 Å². The molecule has 0 amide bonds. The Balaban J connectivity index is 1.64. The Morgan fingerprint density at radius 2 is 2.06 bits per heavy atom. The van der Waals surface area contributed by atoms with Gasteiger partial charge in [-0.3, -0.25) is 0 Å². The molecule has 1 aliphatic rings. The van der Waals surface area contributed by atoms with Crippen molar-refractivity contribution in [3.05, 3.63) is 34.3 Å². The number of hydrogen-bond acceptors (Lipinski definition) is 2. The Bertz CT molecular complexity index is 350. The molecule has 0 bridgehead atoms. The van der Waals surface area contributed by atoms with Gasteiger partial charge in [0.2, 0.25) is 0 Å². The van der Waals surface area contributed by atoms with Crippen LogP contribution >= 0.6 is 15.9 Å². The van der Waals surface area contributed by atoms with Crippen molar-refractivity contribution >= 4 is 15.9 Å². The lowest BCUT2D eigenvalue weighted by molar-refractivity contribution is 0.335. The highest BCUT2D eigenvalue weighted by molar-refractivity contribution is 9.10. The summed E-state index contributed by atoms with van der Waals surface area (Å²) in [6.07, 6.45) is 3.86. The first kappa shape index (κ1) is 13.1. The minimum atomic E-state index is 0.826. The van der Waals surface area contributed by atoms with Gasteiger partial charge in [0.05, 0.1) is 0 Å². The third-order valence-electron chi connectivity index (χ3n) is 3.22. The van der Waals surface area contributed by atoms with E-state index in [9.17, 15) is 0 Å². The molecule has 0 aromatic heterocycles. The first-order valence-corrected chi connectivity index (χ1v) is 7.20. The van der Waals surface area contributed by atoms with E-state index in [-0.39, 0.29) is 0 Å². The molecule has 0 aliphatic heterocycles. The largest absolute Gasteiger partial charge is 0.313 e. The van der Waals surface area contributed by atoms with Gasteiger partial charge in [-0.2, -0.15) is 0 Å². The highest BCUT2D eigenvalue weighted by atomic mass is 79.9. The Kier molecular flexibility index (Phi) is 5.01. The molecule has 0 spiro atoms. The van der Waals surface area contributed by atoms with Crippen LogP contribution in [0.4, 0.5) is 0 Å². The molecule has 1 aliphatic carbocycles. The number of nitrogens with one attached hydrogen (secondary N) is 1. The maximum Gasteiger partial charge on any atom is 0.0207 e. The fourth-order valence-corrected chi connectivity index (χ4v) is 2.35. The zero-order chi connectivity index (χ0) is 12.1. The molecule has 2 nitrogen and oxygen atoms in total. The molecule has 3 heteroatoms. The van der Waals surface area contributed by atoms with E-state index in [4.69, 9.17) is 0 Å². The van der Waals surface area contributed by atoms with Gasteiger partial charge in [-0.25, -0.2) is 0 Å². The van der Waals surface area contributed by atoms with Crippen LogP contribution in [-0.4, -0.2) is 37.6 Å². The van der Waals surface area contributed by atoms with Crippen LogP contribution in [0, 0.1) is 0 Å². The van der Waals surface area contributed by atoms with E-state index >= 15 is 0 Å². The predicted molar refractivity (Wildman–Crippen MR) is 76.4 cm³/mol. The van der Waals surface area contributed by atoms with E-state index in [0.717, 1.165) is 32.1 Å². The van der Waals surface area contributed by atoms with Crippen molar-refractivity contribution in [1.29, 1.82) is 0 Å². The first-order valence-electron chi connectivity index (χ1n) is 6.41. The summed E-state index contributed by atoms with van der Waals surface area (Å²) in [7, 11) is 2.20. The lowest BCUT2D eigenvalue weighted by Crippen LogP contribution is -2.31. The maximum atomic E-state index is 3.60. The summed E-state index contributed by atoms with van der Waals surface area (Å²) >= 11 is 3.60. The van der Waals surface area contributed by atoms with Crippen LogP contribution in [0.1, 0.15) is 18.4 Å². The summed E-state index contributed by atoms with van der Waals surface area (Å²) in [5, 5.41) is 3.55. The Labute approximate surface area is 113 Å².